The van der Waals surface area contributed by atoms with E-state index in [-0.39, 0.29) is 24.2 Å². The molecule has 1 fully saturated rings. The summed E-state index contributed by atoms with van der Waals surface area (Å²) in [7, 11) is 0. The van der Waals surface area contributed by atoms with Gasteiger partial charge in [-0.2, -0.15) is 0 Å². The molecule has 1 aliphatic heterocycles. The Bertz CT molecular complexity index is 914. The molecule has 4 rings (SSSR count). The first-order valence-electron chi connectivity index (χ1n) is 8.69. The first-order valence-corrected chi connectivity index (χ1v) is 8.69. The van der Waals surface area contributed by atoms with E-state index < -0.39 is 0 Å². The normalized spacial score (nSPS) is 16.5. The molecule has 138 valence electrons. The highest BCUT2D eigenvalue weighted by atomic mass is 19.1. The Morgan fingerprint density at radius 2 is 2.00 bits per heavy atom. The molecular weight excluding hydrogens is 349 g/mol. The van der Waals surface area contributed by atoms with Crippen molar-refractivity contribution >= 4 is 5.91 Å². The Balaban J connectivity index is 1.32. The summed E-state index contributed by atoms with van der Waals surface area (Å²) in [6, 6.07) is 13.9. The number of amides is 1. The van der Waals surface area contributed by atoms with Crippen molar-refractivity contribution in [3.63, 3.8) is 0 Å². The van der Waals surface area contributed by atoms with Crippen molar-refractivity contribution in [2.24, 2.45) is 0 Å². The number of aromatic nitrogens is 4. The largest absolute Gasteiger partial charge is 0.484 e. The van der Waals surface area contributed by atoms with Gasteiger partial charge in [-0.15, -0.1) is 5.10 Å². The molecule has 0 aliphatic carbocycles. The highest BCUT2D eigenvalue weighted by Crippen LogP contribution is 2.29. The van der Waals surface area contributed by atoms with Gasteiger partial charge in [-0.25, -0.2) is 9.07 Å². The Kier molecular flexibility index (Phi) is 4.78. The number of tetrazole rings is 1. The van der Waals surface area contributed by atoms with Gasteiger partial charge in [0, 0.05) is 19.0 Å². The highest BCUT2D eigenvalue weighted by Gasteiger charge is 2.28. The maximum Gasteiger partial charge on any atom is 0.260 e. The summed E-state index contributed by atoms with van der Waals surface area (Å²) < 4.78 is 21.1. The molecule has 3 aromatic rings. The number of carbonyl (C=O) groups excluding carboxylic acids is 1. The lowest BCUT2D eigenvalue weighted by Crippen LogP contribution is -2.32. The average molecular weight is 367 g/mol. The van der Waals surface area contributed by atoms with Crippen LogP contribution in [-0.2, 0) is 4.79 Å². The van der Waals surface area contributed by atoms with Crippen LogP contribution in [0.1, 0.15) is 17.9 Å². The van der Waals surface area contributed by atoms with E-state index in [1.54, 1.807) is 41.3 Å². The third-order valence-corrected chi connectivity index (χ3v) is 4.70. The highest BCUT2D eigenvalue weighted by molar-refractivity contribution is 5.78. The van der Waals surface area contributed by atoms with Crippen LogP contribution in [-0.4, -0.2) is 50.7 Å². The summed E-state index contributed by atoms with van der Waals surface area (Å²) in [5, 5.41) is 11.0. The van der Waals surface area contributed by atoms with Crippen LogP contribution in [0.15, 0.2) is 54.9 Å². The Hall–Kier alpha value is -3.29. The van der Waals surface area contributed by atoms with Crippen LogP contribution in [0.25, 0.3) is 5.69 Å². The van der Waals surface area contributed by atoms with Gasteiger partial charge in [-0.05, 0) is 52.7 Å². The van der Waals surface area contributed by atoms with E-state index in [0.717, 1.165) is 12.1 Å². The van der Waals surface area contributed by atoms with Crippen LogP contribution in [0.4, 0.5) is 4.39 Å². The Morgan fingerprint density at radius 3 is 2.74 bits per heavy atom. The molecule has 1 aliphatic rings. The van der Waals surface area contributed by atoms with Crippen molar-refractivity contribution in [1.82, 2.24) is 25.1 Å². The van der Waals surface area contributed by atoms with Crippen LogP contribution in [0.5, 0.6) is 5.75 Å². The molecule has 0 unspecified atom stereocenters. The molecule has 1 aromatic heterocycles. The second-order valence-electron chi connectivity index (χ2n) is 6.38. The molecule has 0 N–H and O–H groups in total. The SMILES string of the molecule is O=C(COc1ccc(-n2cnnn2)cc1)N1CC[C@@H](c2ccccc2F)C1. The van der Waals surface area contributed by atoms with Crippen LogP contribution >= 0.6 is 0 Å². The molecule has 27 heavy (non-hydrogen) atoms. The molecule has 0 bridgehead atoms. The second-order valence-corrected chi connectivity index (χ2v) is 6.38. The first kappa shape index (κ1) is 17.1. The van der Waals surface area contributed by atoms with E-state index in [2.05, 4.69) is 15.5 Å². The number of nitrogens with zero attached hydrogens (tertiary/aromatic N) is 5. The summed E-state index contributed by atoms with van der Waals surface area (Å²) in [6.45, 7) is 1.08. The van der Waals surface area contributed by atoms with Crippen molar-refractivity contribution in [3.05, 3.63) is 66.2 Å². The Labute approximate surface area is 155 Å². The zero-order chi connectivity index (χ0) is 18.6. The van der Waals surface area contributed by atoms with Gasteiger partial charge in [0.25, 0.3) is 5.91 Å². The fraction of sp³-hybridized carbons (Fsp3) is 0.263. The zero-order valence-electron chi connectivity index (χ0n) is 14.5. The van der Waals surface area contributed by atoms with Gasteiger partial charge in [0.1, 0.15) is 17.9 Å². The zero-order valence-corrected chi connectivity index (χ0v) is 14.5. The van der Waals surface area contributed by atoms with Crippen molar-refractivity contribution in [2.45, 2.75) is 12.3 Å². The second kappa shape index (κ2) is 7.53. The number of benzene rings is 2. The fourth-order valence-corrected chi connectivity index (χ4v) is 3.26. The topological polar surface area (TPSA) is 73.1 Å². The van der Waals surface area contributed by atoms with Crippen molar-refractivity contribution < 1.29 is 13.9 Å². The van der Waals surface area contributed by atoms with Crippen LogP contribution in [0, 0.1) is 5.82 Å². The maximum atomic E-state index is 13.9. The van der Waals surface area contributed by atoms with E-state index in [4.69, 9.17) is 4.74 Å². The van der Waals surface area contributed by atoms with Crippen LogP contribution in [0.3, 0.4) is 0 Å². The predicted molar refractivity (Wildman–Crippen MR) is 95.0 cm³/mol. The summed E-state index contributed by atoms with van der Waals surface area (Å²) in [4.78, 5) is 14.1. The number of carbonyl (C=O) groups is 1. The quantitative estimate of drug-likeness (QED) is 0.691. The number of hydrogen-bond acceptors (Lipinski definition) is 5. The predicted octanol–water partition coefficient (Wildman–Crippen LogP) is 2.20. The average Bonchev–Trinajstić information content (AvgIpc) is 3.39. The van der Waals surface area contributed by atoms with E-state index in [1.165, 1.54) is 17.1 Å². The van der Waals surface area contributed by atoms with E-state index in [0.29, 0.717) is 24.4 Å². The summed E-state index contributed by atoms with van der Waals surface area (Å²) in [6.07, 6.45) is 2.26. The summed E-state index contributed by atoms with van der Waals surface area (Å²) >= 11 is 0. The van der Waals surface area contributed by atoms with Crippen LogP contribution < -0.4 is 4.74 Å². The van der Waals surface area contributed by atoms with Crippen LogP contribution in [0.2, 0.25) is 0 Å². The van der Waals surface area contributed by atoms with Crippen molar-refractivity contribution in [1.29, 1.82) is 0 Å². The minimum atomic E-state index is -0.212. The molecule has 1 saturated heterocycles. The number of ether oxygens (including phenoxy) is 1. The molecule has 1 atom stereocenters. The number of halogens is 1. The van der Waals surface area contributed by atoms with Crippen molar-refractivity contribution in [2.75, 3.05) is 19.7 Å². The first-order chi connectivity index (χ1) is 13.2. The van der Waals surface area contributed by atoms with E-state index in [9.17, 15) is 9.18 Å². The minimum Gasteiger partial charge on any atom is -0.484 e. The summed E-state index contributed by atoms with van der Waals surface area (Å²) in [5.41, 5.74) is 1.47. The van der Waals surface area contributed by atoms with Gasteiger partial charge in [0.05, 0.1) is 5.69 Å². The smallest absolute Gasteiger partial charge is 0.260 e. The molecule has 8 heteroatoms. The maximum absolute atomic E-state index is 13.9. The molecule has 7 nitrogen and oxygen atoms in total. The third kappa shape index (κ3) is 3.79. The lowest BCUT2D eigenvalue weighted by Gasteiger charge is -2.17. The van der Waals surface area contributed by atoms with E-state index in [1.807, 2.05) is 6.07 Å². The number of hydrogen-bond donors (Lipinski definition) is 0. The standard InChI is InChI=1S/C19H18FN5O2/c20-18-4-2-1-3-17(18)14-9-10-24(11-14)19(26)12-27-16-7-5-15(6-8-16)25-13-21-22-23-25/h1-8,13-14H,9-12H2/t14-/m1/s1. The molecule has 0 saturated carbocycles. The molecule has 2 aromatic carbocycles. The van der Waals surface area contributed by atoms with Gasteiger partial charge >= 0.3 is 0 Å². The van der Waals surface area contributed by atoms with Gasteiger partial charge in [-0.3, -0.25) is 4.79 Å². The van der Waals surface area contributed by atoms with Gasteiger partial charge in [-0.1, -0.05) is 18.2 Å². The van der Waals surface area contributed by atoms with Crippen molar-refractivity contribution in [3.8, 4) is 11.4 Å². The monoisotopic (exact) mass is 367 g/mol. The molecule has 0 spiro atoms. The van der Waals surface area contributed by atoms with Gasteiger partial charge < -0.3 is 9.64 Å². The lowest BCUT2D eigenvalue weighted by atomic mass is 9.98. The fourth-order valence-electron chi connectivity index (χ4n) is 3.26. The lowest BCUT2D eigenvalue weighted by molar-refractivity contribution is -0.132. The summed E-state index contributed by atoms with van der Waals surface area (Å²) in [5.74, 6) is 0.310. The molecule has 0 radical (unpaired) electrons. The molecule has 1 amide bonds. The van der Waals surface area contributed by atoms with E-state index >= 15 is 0 Å². The number of rotatable bonds is 5. The minimum absolute atomic E-state index is 0.0331. The third-order valence-electron chi connectivity index (χ3n) is 4.70. The molecule has 2 heterocycles. The van der Waals surface area contributed by atoms with Gasteiger partial charge in [0.15, 0.2) is 6.61 Å². The Morgan fingerprint density at radius 1 is 1.19 bits per heavy atom. The molecular formula is C19H18FN5O2. The van der Waals surface area contributed by atoms with Gasteiger partial charge in [0.2, 0.25) is 0 Å². The number of likely N-dealkylation sites (tertiary alicyclic amines) is 1.